The quantitative estimate of drug-likeness (QED) is 0.655. The van der Waals surface area contributed by atoms with Gasteiger partial charge in [0.25, 0.3) is 10.0 Å². The molecule has 2 rings (SSSR count). The average Bonchev–Trinajstić information content (AvgIpc) is 2.63. The maximum Gasteiger partial charge on any atom is 0.262 e. The Morgan fingerprint density at radius 1 is 1.20 bits per heavy atom. The van der Waals surface area contributed by atoms with Crippen molar-refractivity contribution < 1.29 is 17.9 Å². The van der Waals surface area contributed by atoms with Crippen molar-refractivity contribution in [3.63, 3.8) is 0 Å². The summed E-state index contributed by atoms with van der Waals surface area (Å²) in [4.78, 5) is 15.8. The van der Waals surface area contributed by atoms with E-state index in [2.05, 4.69) is 10.2 Å². The number of sulfonamides is 1. The van der Waals surface area contributed by atoms with Gasteiger partial charge in [0.15, 0.2) is 10.8 Å². The Balaban J connectivity index is 2.07. The zero-order valence-corrected chi connectivity index (χ0v) is 15.7. The molecule has 10 heteroatoms. The van der Waals surface area contributed by atoms with Gasteiger partial charge in [-0.25, -0.2) is 8.42 Å². The Hall–Kier alpha value is -1.78. The number of carbonyl (C=O) groups excluding carboxylic acids is 1. The van der Waals surface area contributed by atoms with Crippen LogP contribution in [0.3, 0.4) is 0 Å². The summed E-state index contributed by atoms with van der Waals surface area (Å²) in [7, 11) is -2.50. The maximum absolute atomic E-state index is 12.6. The van der Waals surface area contributed by atoms with Gasteiger partial charge in [-0.1, -0.05) is 0 Å². The fourth-order valence-corrected chi connectivity index (χ4v) is 3.50. The van der Waals surface area contributed by atoms with E-state index in [-0.39, 0.29) is 17.5 Å². The molecule has 1 aliphatic heterocycles. The SMILES string of the molecule is CCN(CC)c1ccc(S(=O)(=O)N(C)CC(=O)N2CCOCC2)nn1. The second-order valence-corrected chi connectivity index (χ2v) is 7.65. The van der Waals surface area contributed by atoms with Crippen molar-refractivity contribution in [1.29, 1.82) is 0 Å². The first kappa shape index (κ1) is 19.5. The minimum atomic E-state index is -3.87. The Kier molecular flexibility index (Phi) is 6.68. The number of anilines is 1. The smallest absolute Gasteiger partial charge is 0.262 e. The molecule has 0 aromatic carbocycles. The number of amides is 1. The number of hydrogen-bond acceptors (Lipinski definition) is 7. The number of morpholine rings is 1. The minimum absolute atomic E-state index is 0.166. The van der Waals surface area contributed by atoms with Crippen LogP contribution in [0.1, 0.15) is 13.8 Å². The van der Waals surface area contributed by atoms with Crippen LogP contribution in [0.4, 0.5) is 5.82 Å². The molecule has 0 atom stereocenters. The molecule has 0 bridgehead atoms. The van der Waals surface area contributed by atoms with Crippen molar-refractivity contribution in [3.05, 3.63) is 12.1 Å². The lowest BCUT2D eigenvalue weighted by Crippen LogP contribution is -2.46. The topological polar surface area (TPSA) is 95.9 Å². The summed E-state index contributed by atoms with van der Waals surface area (Å²) in [5, 5.41) is 7.67. The maximum atomic E-state index is 12.6. The molecule has 1 aromatic rings. The summed E-state index contributed by atoms with van der Waals surface area (Å²) >= 11 is 0. The summed E-state index contributed by atoms with van der Waals surface area (Å²) in [5.74, 6) is 0.373. The van der Waals surface area contributed by atoms with Gasteiger partial charge in [-0.3, -0.25) is 4.79 Å². The van der Waals surface area contributed by atoms with Crippen LogP contribution in [0.25, 0.3) is 0 Å². The summed E-state index contributed by atoms with van der Waals surface area (Å²) < 4.78 is 31.4. The first-order valence-electron chi connectivity index (χ1n) is 8.30. The number of likely N-dealkylation sites (N-methyl/N-ethyl adjacent to an activating group) is 1. The number of nitrogens with zero attached hydrogens (tertiary/aromatic N) is 5. The number of rotatable bonds is 7. The van der Waals surface area contributed by atoms with Gasteiger partial charge in [-0.05, 0) is 26.0 Å². The molecule has 1 saturated heterocycles. The fourth-order valence-electron chi connectivity index (χ4n) is 2.51. The molecule has 0 radical (unpaired) electrons. The molecule has 0 aliphatic carbocycles. The molecule has 0 N–H and O–H groups in total. The van der Waals surface area contributed by atoms with E-state index in [0.29, 0.717) is 32.1 Å². The van der Waals surface area contributed by atoms with Crippen LogP contribution in [0.5, 0.6) is 0 Å². The second-order valence-electron chi connectivity index (χ2n) is 5.66. The zero-order chi connectivity index (χ0) is 18.4. The monoisotopic (exact) mass is 371 g/mol. The van der Waals surface area contributed by atoms with Crippen LogP contribution in [-0.2, 0) is 19.6 Å². The van der Waals surface area contributed by atoms with Gasteiger partial charge in [0.2, 0.25) is 5.91 Å². The minimum Gasteiger partial charge on any atom is -0.378 e. The molecule has 0 unspecified atom stereocenters. The van der Waals surface area contributed by atoms with Crippen LogP contribution in [0.15, 0.2) is 17.2 Å². The van der Waals surface area contributed by atoms with Crippen molar-refractivity contribution in [3.8, 4) is 0 Å². The molecule has 1 aliphatic rings. The highest BCUT2D eigenvalue weighted by atomic mass is 32.2. The normalized spacial score (nSPS) is 15.4. The van der Waals surface area contributed by atoms with E-state index in [0.717, 1.165) is 17.4 Å². The van der Waals surface area contributed by atoms with Crippen LogP contribution in [-0.4, -0.2) is 86.7 Å². The predicted molar refractivity (Wildman–Crippen MR) is 92.8 cm³/mol. The standard InChI is InChI=1S/C15H25N5O4S/c1-4-19(5-2)13-6-7-14(17-16-13)25(22,23)18(3)12-15(21)20-8-10-24-11-9-20/h6-7H,4-5,8-12H2,1-3H3. The van der Waals surface area contributed by atoms with Gasteiger partial charge >= 0.3 is 0 Å². The van der Waals surface area contributed by atoms with Crippen molar-refractivity contribution in [1.82, 2.24) is 19.4 Å². The Bertz CT molecular complexity index is 670. The number of hydrogen-bond donors (Lipinski definition) is 0. The third-order valence-electron chi connectivity index (χ3n) is 4.11. The highest BCUT2D eigenvalue weighted by Gasteiger charge is 2.27. The van der Waals surface area contributed by atoms with Crippen LogP contribution < -0.4 is 4.90 Å². The molecule has 25 heavy (non-hydrogen) atoms. The van der Waals surface area contributed by atoms with E-state index in [1.54, 1.807) is 11.0 Å². The summed E-state index contributed by atoms with van der Waals surface area (Å²) in [6.07, 6.45) is 0. The zero-order valence-electron chi connectivity index (χ0n) is 14.9. The van der Waals surface area contributed by atoms with Crippen LogP contribution in [0.2, 0.25) is 0 Å². The molecule has 0 spiro atoms. The van der Waals surface area contributed by atoms with Crippen molar-refractivity contribution in [2.45, 2.75) is 18.9 Å². The lowest BCUT2D eigenvalue weighted by molar-refractivity contribution is -0.135. The molecule has 1 amide bonds. The molecule has 1 fully saturated rings. The van der Waals surface area contributed by atoms with Crippen LogP contribution in [0, 0.1) is 0 Å². The van der Waals surface area contributed by atoms with Crippen molar-refractivity contribution >= 4 is 21.7 Å². The van der Waals surface area contributed by atoms with Gasteiger partial charge in [0.1, 0.15) is 0 Å². The Labute approximate surface area is 148 Å². The highest BCUT2D eigenvalue weighted by Crippen LogP contribution is 2.15. The highest BCUT2D eigenvalue weighted by molar-refractivity contribution is 7.89. The lowest BCUT2D eigenvalue weighted by Gasteiger charge is -2.28. The first-order valence-corrected chi connectivity index (χ1v) is 9.74. The summed E-state index contributed by atoms with van der Waals surface area (Å²) in [6, 6.07) is 3.05. The summed E-state index contributed by atoms with van der Waals surface area (Å²) in [5.41, 5.74) is 0. The average molecular weight is 371 g/mol. The molecule has 0 saturated carbocycles. The van der Waals surface area contributed by atoms with E-state index in [1.165, 1.54) is 13.1 Å². The molecule has 2 heterocycles. The van der Waals surface area contributed by atoms with Gasteiger partial charge in [-0.15, -0.1) is 10.2 Å². The lowest BCUT2D eigenvalue weighted by atomic mass is 10.4. The van der Waals surface area contributed by atoms with E-state index in [1.807, 2.05) is 18.7 Å². The van der Waals surface area contributed by atoms with Gasteiger partial charge < -0.3 is 14.5 Å². The molecule has 140 valence electrons. The number of carbonyl (C=O) groups is 1. The molecule has 9 nitrogen and oxygen atoms in total. The Morgan fingerprint density at radius 2 is 1.84 bits per heavy atom. The third kappa shape index (κ3) is 4.65. The third-order valence-corrected chi connectivity index (χ3v) is 5.81. The van der Waals surface area contributed by atoms with E-state index in [9.17, 15) is 13.2 Å². The Morgan fingerprint density at radius 3 is 2.36 bits per heavy atom. The molecule has 1 aromatic heterocycles. The van der Waals surface area contributed by atoms with Crippen molar-refractivity contribution in [2.24, 2.45) is 0 Å². The van der Waals surface area contributed by atoms with Crippen LogP contribution >= 0.6 is 0 Å². The van der Waals surface area contributed by atoms with Crippen molar-refractivity contribution in [2.75, 3.05) is 57.9 Å². The predicted octanol–water partition coefficient (Wildman–Crippen LogP) is -0.198. The summed E-state index contributed by atoms with van der Waals surface area (Å²) in [6.45, 7) is 7.15. The number of ether oxygens (including phenoxy) is 1. The largest absolute Gasteiger partial charge is 0.378 e. The van der Waals surface area contributed by atoms with E-state index >= 15 is 0 Å². The van der Waals surface area contributed by atoms with Gasteiger partial charge in [0, 0.05) is 33.2 Å². The van der Waals surface area contributed by atoms with Gasteiger partial charge in [-0.2, -0.15) is 4.31 Å². The van der Waals surface area contributed by atoms with E-state index in [4.69, 9.17) is 4.74 Å². The second kappa shape index (κ2) is 8.54. The molecular formula is C15H25N5O4S. The first-order chi connectivity index (χ1) is 11.9. The fraction of sp³-hybridized carbons (Fsp3) is 0.667. The van der Waals surface area contributed by atoms with Gasteiger partial charge in [0.05, 0.1) is 19.8 Å². The van der Waals surface area contributed by atoms with E-state index < -0.39 is 10.0 Å². The number of aromatic nitrogens is 2. The molecular weight excluding hydrogens is 346 g/mol.